The van der Waals surface area contributed by atoms with Crippen LogP contribution in [-0.4, -0.2) is 60.4 Å². The Hall–Kier alpha value is -2.74. The molecule has 1 saturated heterocycles. The quantitative estimate of drug-likeness (QED) is 0.706. The van der Waals surface area contributed by atoms with Gasteiger partial charge in [0.25, 0.3) is 5.56 Å². The predicted octanol–water partition coefficient (Wildman–Crippen LogP) is 0.717. The molecule has 1 aliphatic heterocycles. The van der Waals surface area contributed by atoms with Crippen molar-refractivity contribution in [2.24, 2.45) is 14.1 Å². The highest BCUT2D eigenvalue weighted by Gasteiger charge is 2.16. The van der Waals surface area contributed by atoms with Gasteiger partial charge in [-0.3, -0.25) is 18.8 Å². The van der Waals surface area contributed by atoms with E-state index in [2.05, 4.69) is 27.2 Å². The summed E-state index contributed by atoms with van der Waals surface area (Å²) in [5, 5.41) is 3.21. The Balaban J connectivity index is 1.42. The Morgan fingerprint density at radius 2 is 1.68 bits per heavy atom. The molecule has 0 amide bonds. The van der Waals surface area contributed by atoms with Crippen molar-refractivity contribution in [3.05, 3.63) is 51.2 Å². The molecule has 0 unspecified atom stereocenters. The van der Waals surface area contributed by atoms with Gasteiger partial charge in [-0.25, -0.2) is 4.79 Å². The molecule has 0 spiro atoms. The number of piperazine rings is 1. The molecule has 2 aromatic rings. The summed E-state index contributed by atoms with van der Waals surface area (Å²) >= 11 is 0. The lowest BCUT2D eigenvalue weighted by Crippen LogP contribution is -2.46. The molecular formula is C20H29N5O3. The Labute approximate surface area is 164 Å². The summed E-state index contributed by atoms with van der Waals surface area (Å²) < 4.78 is 7.79. The molecule has 2 heterocycles. The molecule has 0 saturated carbocycles. The van der Waals surface area contributed by atoms with Crippen LogP contribution in [0, 0.1) is 0 Å². The lowest BCUT2D eigenvalue weighted by atomic mass is 10.2. The van der Waals surface area contributed by atoms with E-state index in [9.17, 15) is 9.59 Å². The van der Waals surface area contributed by atoms with Crippen LogP contribution in [0.3, 0.4) is 0 Å². The van der Waals surface area contributed by atoms with Crippen molar-refractivity contribution in [2.45, 2.75) is 6.42 Å². The van der Waals surface area contributed by atoms with Crippen LogP contribution in [0.25, 0.3) is 0 Å². The first kappa shape index (κ1) is 20.0. The van der Waals surface area contributed by atoms with Gasteiger partial charge in [0, 0.05) is 58.6 Å². The maximum atomic E-state index is 11.9. The number of ether oxygens (including phenoxy) is 1. The molecule has 28 heavy (non-hydrogen) atoms. The van der Waals surface area contributed by atoms with Gasteiger partial charge in [0.05, 0.1) is 7.11 Å². The van der Waals surface area contributed by atoms with Gasteiger partial charge in [0.15, 0.2) is 0 Å². The van der Waals surface area contributed by atoms with Crippen LogP contribution < -0.4 is 26.2 Å². The van der Waals surface area contributed by atoms with Crippen molar-refractivity contribution in [1.29, 1.82) is 0 Å². The summed E-state index contributed by atoms with van der Waals surface area (Å²) in [4.78, 5) is 28.5. The zero-order valence-electron chi connectivity index (χ0n) is 16.9. The van der Waals surface area contributed by atoms with Gasteiger partial charge in [-0.15, -0.1) is 0 Å². The summed E-state index contributed by atoms with van der Waals surface area (Å²) in [6, 6.07) is 9.67. The summed E-state index contributed by atoms with van der Waals surface area (Å²) in [6.45, 7) is 5.76. The van der Waals surface area contributed by atoms with Crippen LogP contribution in [-0.2, 0) is 14.1 Å². The molecule has 0 radical (unpaired) electrons. The number of hydrogen-bond donors (Lipinski definition) is 1. The molecular weight excluding hydrogens is 358 g/mol. The Morgan fingerprint density at radius 3 is 2.32 bits per heavy atom. The minimum absolute atomic E-state index is 0.291. The monoisotopic (exact) mass is 387 g/mol. The van der Waals surface area contributed by atoms with Crippen LogP contribution in [0.2, 0.25) is 0 Å². The van der Waals surface area contributed by atoms with Crippen LogP contribution in [0.1, 0.15) is 6.42 Å². The molecule has 8 nitrogen and oxygen atoms in total. The van der Waals surface area contributed by atoms with E-state index in [0.29, 0.717) is 5.82 Å². The number of hydrogen-bond acceptors (Lipinski definition) is 6. The molecule has 1 aromatic carbocycles. The lowest BCUT2D eigenvalue weighted by Gasteiger charge is -2.36. The second-order valence-electron chi connectivity index (χ2n) is 7.08. The zero-order chi connectivity index (χ0) is 20.1. The number of benzene rings is 1. The van der Waals surface area contributed by atoms with Crippen LogP contribution in [0.5, 0.6) is 5.75 Å². The molecule has 0 atom stereocenters. The highest BCUT2D eigenvalue weighted by molar-refractivity contribution is 5.49. The van der Waals surface area contributed by atoms with Gasteiger partial charge in [-0.2, -0.15) is 0 Å². The van der Waals surface area contributed by atoms with E-state index in [-0.39, 0.29) is 11.2 Å². The second-order valence-corrected chi connectivity index (χ2v) is 7.08. The number of aromatic nitrogens is 2. The normalized spacial score (nSPS) is 14.9. The fraction of sp³-hybridized carbons (Fsp3) is 0.500. The largest absolute Gasteiger partial charge is 0.497 e. The average Bonchev–Trinajstić information content (AvgIpc) is 2.73. The van der Waals surface area contributed by atoms with Gasteiger partial charge in [-0.05, 0) is 37.2 Å². The second kappa shape index (κ2) is 8.97. The highest BCUT2D eigenvalue weighted by Crippen LogP contribution is 2.20. The van der Waals surface area contributed by atoms with Crippen molar-refractivity contribution >= 4 is 11.5 Å². The van der Waals surface area contributed by atoms with E-state index in [1.165, 1.54) is 23.4 Å². The van der Waals surface area contributed by atoms with Crippen LogP contribution >= 0.6 is 0 Å². The van der Waals surface area contributed by atoms with E-state index in [4.69, 9.17) is 4.74 Å². The molecule has 3 rings (SSSR count). The molecule has 0 bridgehead atoms. The molecule has 152 valence electrons. The van der Waals surface area contributed by atoms with Gasteiger partial charge < -0.3 is 15.0 Å². The summed E-state index contributed by atoms with van der Waals surface area (Å²) in [5.41, 5.74) is 0.624. The third kappa shape index (κ3) is 4.56. The topological polar surface area (TPSA) is 71.7 Å². The van der Waals surface area contributed by atoms with Crippen LogP contribution in [0.4, 0.5) is 11.5 Å². The minimum atomic E-state index is -0.315. The maximum absolute atomic E-state index is 11.9. The average molecular weight is 387 g/mol. The number of anilines is 2. The van der Waals surface area contributed by atoms with Crippen molar-refractivity contribution in [3.8, 4) is 5.75 Å². The number of methoxy groups -OCH3 is 1. The summed E-state index contributed by atoms with van der Waals surface area (Å²) in [6.07, 6.45) is 0.950. The molecule has 8 heteroatoms. The summed E-state index contributed by atoms with van der Waals surface area (Å²) in [7, 11) is 4.84. The van der Waals surface area contributed by atoms with Crippen molar-refractivity contribution in [2.75, 3.05) is 56.6 Å². The van der Waals surface area contributed by atoms with Crippen molar-refractivity contribution < 1.29 is 4.74 Å². The minimum Gasteiger partial charge on any atom is -0.497 e. The van der Waals surface area contributed by atoms with Gasteiger partial charge in [-0.1, -0.05) is 0 Å². The van der Waals surface area contributed by atoms with Crippen molar-refractivity contribution in [1.82, 2.24) is 14.0 Å². The third-order valence-corrected chi connectivity index (χ3v) is 5.29. The first-order chi connectivity index (χ1) is 13.5. The molecule has 1 aliphatic rings. The first-order valence-electron chi connectivity index (χ1n) is 9.62. The molecule has 1 aromatic heterocycles. The van der Waals surface area contributed by atoms with Gasteiger partial charge in [0.2, 0.25) is 0 Å². The third-order valence-electron chi connectivity index (χ3n) is 5.29. The zero-order valence-corrected chi connectivity index (χ0v) is 16.9. The Morgan fingerprint density at radius 1 is 1.00 bits per heavy atom. The van der Waals surface area contributed by atoms with Gasteiger partial charge in [0.1, 0.15) is 11.6 Å². The fourth-order valence-electron chi connectivity index (χ4n) is 3.44. The Bertz CT molecular complexity index is 896. The number of nitrogens with one attached hydrogen (secondary N) is 1. The standard InChI is InChI=1S/C20H29N5O3/c1-22-18(15-19(26)23(2)20(22)27)21-9-4-10-24-11-13-25(14-12-24)16-5-7-17(28-3)8-6-16/h5-8,15,21H,4,9-14H2,1-3H3. The number of nitrogens with zero attached hydrogens (tertiary/aromatic N) is 4. The molecule has 0 aliphatic carbocycles. The summed E-state index contributed by atoms with van der Waals surface area (Å²) in [5.74, 6) is 1.45. The van der Waals surface area contributed by atoms with Crippen molar-refractivity contribution in [3.63, 3.8) is 0 Å². The predicted molar refractivity (Wildman–Crippen MR) is 112 cm³/mol. The molecule has 1 N–H and O–H groups in total. The lowest BCUT2D eigenvalue weighted by molar-refractivity contribution is 0.257. The highest BCUT2D eigenvalue weighted by atomic mass is 16.5. The van der Waals surface area contributed by atoms with Crippen LogP contribution in [0.15, 0.2) is 39.9 Å². The van der Waals surface area contributed by atoms with E-state index in [0.717, 1.165) is 56.0 Å². The fourth-order valence-corrected chi connectivity index (χ4v) is 3.44. The van der Waals surface area contributed by atoms with Gasteiger partial charge >= 0.3 is 5.69 Å². The van der Waals surface area contributed by atoms with E-state index >= 15 is 0 Å². The first-order valence-corrected chi connectivity index (χ1v) is 9.62. The van der Waals surface area contributed by atoms with E-state index in [1.807, 2.05) is 12.1 Å². The Kier molecular flexibility index (Phi) is 6.41. The maximum Gasteiger partial charge on any atom is 0.332 e. The van der Waals surface area contributed by atoms with E-state index in [1.54, 1.807) is 14.2 Å². The molecule has 1 fully saturated rings. The smallest absolute Gasteiger partial charge is 0.332 e. The SMILES string of the molecule is COc1ccc(N2CCN(CCCNc3cc(=O)n(C)c(=O)n3C)CC2)cc1. The number of rotatable bonds is 7. The van der Waals surface area contributed by atoms with E-state index < -0.39 is 0 Å².